The van der Waals surface area contributed by atoms with E-state index < -0.39 is 0 Å². The van der Waals surface area contributed by atoms with Crippen LogP contribution in [0, 0.1) is 6.92 Å². The summed E-state index contributed by atoms with van der Waals surface area (Å²) in [5.41, 5.74) is 9.13. The first-order valence-corrected chi connectivity index (χ1v) is 6.48. The van der Waals surface area contributed by atoms with Gasteiger partial charge < -0.3 is 10.5 Å². The number of hydrogen-bond donors (Lipinski definition) is 1. The largest absolute Gasteiger partial charge is 0.490 e. The summed E-state index contributed by atoms with van der Waals surface area (Å²) < 4.78 is 5.69. The summed E-state index contributed by atoms with van der Waals surface area (Å²) in [6.45, 7) is 4.14. The van der Waals surface area contributed by atoms with Gasteiger partial charge in [0.2, 0.25) is 0 Å². The number of nitrogen functional groups attached to an aromatic ring is 1. The maximum absolute atomic E-state index is 5.73. The van der Waals surface area contributed by atoms with Crippen LogP contribution in [0.1, 0.15) is 17.4 Å². The molecule has 3 nitrogen and oxygen atoms in total. The monoisotopic (exact) mass is 246 g/mol. The topological polar surface area (TPSA) is 48.1 Å². The van der Waals surface area contributed by atoms with Crippen molar-refractivity contribution >= 4 is 16.5 Å². The molecule has 2 aromatic rings. The number of aryl methyl sites for hydroxylation is 1. The normalized spacial score (nSPS) is 17.9. The van der Waals surface area contributed by atoms with E-state index >= 15 is 0 Å². The predicted molar refractivity (Wildman–Crippen MR) is 70.5 cm³/mol. The molecule has 1 unspecified atom stereocenters. The fourth-order valence-electron chi connectivity index (χ4n) is 2.25. The molecule has 0 saturated heterocycles. The van der Waals surface area contributed by atoms with Gasteiger partial charge in [-0.05, 0) is 37.6 Å². The van der Waals surface area contributed by atoms with Crippen LogP contribution in [0.2, 0.25) is 0 Å². The number of anilines is 1. The molecule has 3 rings (SSSR count). The molecule has 0 radical (unpaired) electrons. The van der Waals surface area contributed by atoms with E-state index in [1.54, 1.807) is 0 Å². The van der Waals surface area contributed by atoms with Crippen LogP contribution >= 0.6 is 11.3 Å². The van der Waals surface area contributed by atoms with Gasteiger partial charge in [-0.25, -0.2) is 4.98 Å². The molecule has 2 N–H and O–H groups in total. The zero-order valence-corrected chi connectivity index (χ0v) is 10.7. The van der Waals surface area contributed by atoms with Crippen molar-refractivity contribution in [3.8, 4) is 17.0 Å². The smallest absolute Gasteiger partial charge is 0.180 e. The molecule has 1 aromatic heterocycles. The number of nitrogens with zero attached hydrogens (tertiary/aromatic N) is 1. The van der Waals surface area contributed by atoms with Gasteiger partial charge in [0.1, 0.15) is 11.9 Å². The summed E-state index contributed by atoms with van der Waals surface area (Å²) in [6, 6.07) is 6.25. The molecule has 1 atom stereocenters. The van der Waals surface area contributed by atoms with Crippen LogP contribution in [0.15, 0.2) is 18.2 Å². The minimum atomic E-state index is 0.279. The van der Waals surface area contributed by atoms with Crippen LogP contribution in [0.5, 0.6) is 5.75 Å². The van der Waals surface area contributed by atoms with Crippen molar-refractivity contribution in [3.63, 3.8) is 0 Å². The summed E-state index contributed by atoms with van der Waals surface area (Å²) in [7, 11) is 0. The van der Waals surface area contributed by atoms with E-state index in [-0.39, 0.29) is 6.10 Å². The third kappa shape index (κ3) is 1.78. The van der Waals surface area contributed by atoms with Gasteiger partial charge in [0.25, 0.3) is 0 Å². The number of hydrogen-bond acceptors (Lipinski definition) is 4. The molecule has 0 fully saturated rings. The lowest BCUT2D eigenvalue weighted by Gasteiger charge is -2.03. The van der Waals surface area contributed by atoms with Gasteiger partial charge >= 0.3 is 0 Å². The van der Waals surface area contributed by atoms with E-state index in [9.17, 15) is 0 Å². The van der Waals surface area contributed by atoms with E-state index in [4.69, 9.17) is 10.5 Å². The number of rotatable bonds is 1. The predicted octanol–water partition coefficient (Wildman–Crippen LogP) is 3.02. The van der Waals surface area contributed by atoms with E-state index in [1.807, 2.05) is 6.07 Å². The maximum Gasteiger partial charge on any atom is 0.180 e. The first-order valence-electron chi connectivity index (χ1n) is 5.66. The Kier molecular flexibility index (Phi) is 2.33. The van der Waals surface area contributed by atoms with Crippen molar-refractivity contribution in [2.75, 3.05) is 5.73 Å². The Hall–Kier alpha value is -1.55. The Balaban J connectivity index is 2.06. The van der Waals surface area contributed by atoms with Gasteiger partial charge in [-0.3, -0.25) is 0 Å². The van der Waals surface area contributed by atoms with E-state index in [0.717, 1.165) is 28.3 Å². The highest BCUT2D eigenvalue weighted by Crippen LogP contribution is 2.35. The van der Waals surface area contributed by atoms with Crippen LogP contribution in [0.3, 0.4) is 0 Å². The lowest BCUT2D eigenvalue weighted by atomic mass is 10.0. The quantitative estimate of drug-likeness (QED) is 0.841. The summed E-state index contributed by atoms with van der Waals surface area (Å²) in [6.07, 6.45) is 1.25. The zero-order valence-electron chi connectivity index (χ0n) is 9.86. The lowest BCUT2D eigenvalue weighted by Crippen LogP contribution is -2.05. The van der Waals surface area contributed by atoms with Crippen LogP contribution in [-0.2, 0) is 6.42 Å². The Morgan fingerprint density at radius 2 is 2.29 bits per heavy atom. The number of benzene rings is 1. The first kappa shape index (κ1) is 10.6. The van der Waals surface area contributed by atoms with E-state index in [2.05, 4.69) is 31.0 Å². The molecule has 0 spiro atoms. The van der Waals surface area contributed by atoms with Gasteiger partial charge in [0, 0.05) is 16.9 Å². The fourth-order valence-corrected chi connectivity index (χ4v) is 2.96. The summed E-state index contributed by atoms with van der Waals surface area (Å²) in [5.74, 6) is 1.00. The second kappa shape index (κ2) is 3.74. The molecule has 88 valence electrons. The Morgan fingerprint density at radius 3 is 3.00 bits per heavy atom. The standard InChI is InChI=1S/C13H14N2OS/c1-7-5-10-6-9(3-4-11(10)16-7)12-8(2)17-13(14)15-12/h3-4,6-7H,5H2,1-2H3,(H2,14,15). The second-order valence-electron chi connectivity index (χ2n) is 4.41. The van der Waals surface area contributed by atoms with Gasteiger partial charge in [-0.1, -0.05) is 0 Å². The molecule has 1 aliphatic rings. The number of fused-ring (bicyclic) bond motifs is 1. The molecule has 0 saturated carbocycles. The van der Waals surface area contributed by atoms with Crippen molar-refractivity contribution in [3.05, 3.63) is 28.6 Å². The van der Waals surface area contributed by atoms with E-state index in [0.29, 0.717) is 5.13 Å². The first-order chi connectivity index (χ1) is 8.13. The van der Waals surface area contributed by atoms with Crippen molar-refractivity contribution in [1.82, 2.24) is 4.98 Å². The van der Waals surface area contributed by atoms with Gasteiger partial charge in [0.15, 0.2) is 5.13 Å². The molecular weight excluding hydrogens is 232 g/mol. The van der Waals surface area contributed by atoms with Gasteiger partial charge in [-0.15, -0.1) is 11.3 Å². The number of aromatic nitrogens is 1. The van der Waals surface area contributed by atoms with Crippen LogP contribution < -0.4 is 10.5 Å². The molecule has 2 heterocycles. The third-order valence-electron chi connectivity index (χ3n) is 2.98. The molecular formula is C13H14N2OS. The number of thiazole rings is 1. The molecule has 17 heavy (non-hydrogen) atoms. The third-order valence-corrected chi connectivity index (χ3v) is 3.78. The minimum Gasteiger partial charge on any atom is -0.490 e. The number of ether oxygens (including phenoxy) is 1. The highest BCUT2D eigenvalue weighted by Gasteiger charge is 2.20. The lowest BCUT2D eigenvalue weighted by molar-refractivity contribution is 0.254. The van der Waals surface area contributed by atoms with Crippen molar-refractivity contribution in [1.29, 1.82) is 0 Å². The van der Waals surface area contributed by atoms with Gasteiger partial charge in [-0.2, -0.15) is 0 Å². The highest BCUT2D eigenvalue weighted by molar-refractivity contribution is 7.15. The Bertz CT molecular complexity index is 577. The Labute approximate surface area is 104 Å². The average molecular weight is 246 g/mol. The SMILES string of the molecule is Cc1sc(N)nc1-c1ccc2c(c1)CC(C)O2. The average Bonchev–Trinajstić information content (AvgIpc) is 2.78. The maximum atomic E-state index is 5.73. The molecule has 0 amide bonds. The molecule has 0 bridgehead atoms. The summed E-state index contributed by atoms with van der Waals surface area (Å²) in [5, 5.41) is 0.627. The van der Waals surface area contributed by atoms with Gasteiger partial charge in [0.05, 0.1) is 5.69 Å². The highest BCUT2D eigenvalue weighted by atomic mass is 32.1. The zero-order chi connectivity index (χ0) is 12.0. The van der Waals surface area contributed by atoms with E-state index in [1.165, 1.54) is 16.9 Å². The molecule has 4 heteroatoms. The second-order valence-corrected chi connectivity index (χ2v) is 5.65. The van der Waals surface area contributed by atoms with Crippen molar-refractivity contribution in [2.24, 2.45) is 0 Å². The molecule has 1 aliphatic heterocycles. The van der Waals surface area contributed by atoms with Crippen LogP contribution in [0.25, 0.3) is 11.3 Å². The summed E-state index contributed by atoms with van der Waals surface area (Å²) >= 11 is 1.53. The number of nitrogens with two attached hydrogens (primary N) is 1. The summed E-state index contributed by atoms with van der Waals surface area (Å²) in [4.78, 5) is 5.54. The van der Waals surface area contributed by atoms with Crippen LogP contribution in [-0.4, -0.2) is 11.1 Å². The van der Waals surface area contributed by atoms with Crippen molar-refractivity contribution in [2.45, 2.75) is 26.4 Å². The minimum absolute atomic E-state index is 0.279. The fraction of sp³-hybridized carbons (Fsp3) is 0.308. The molecule has 1 aromatic carbocycles. The molecule has 0 aliphatic carbocycles. The Morgan fingerprint density at radius 1 is 1.47 bits per heavy atom. The van der Waals surface area contributed by atoms with Crippen LogP contribution in [0.4, 0.5) is 5.13 Å². The van der Waals surface area contributed by atoms with Crippen molar-refractivity contribution < 1.29 is 4.74 Å².